The highest BCUT2D eigenvalue weighted by atomic mass is 19.4. The first-order valence-corrected chi connectivity index (χ1v) is 9.83. The minimum atomic E-state index is -4.45. The van der Waals surface area contributed by atoms with Crippen LogP contribution in [0.25, 0.3) is 16.5 Å². The molecule has 3 aromatic rings. The van der Waals surface area contributed by atoms with Crippen LogP contribution in [0.4, 0.5) is 24.7 Å². The normalized spacial score (nSPS) is 13.5. The molecule has 4 nitrogen and oxygen atoms in total. The number of allylic oxidation sites excluding steroid dienone is 1. The average Bonchev–Trinajstić information content (AvgIpc) is 3.14. The Balaban J connectivity index is 1.76. The molecule has 30 heavy (non-hydrogen) atoms. The molecule has 0 amide bonds. The minimum Gasteiger partial charge on any atom is -0.399 e. The number of hydrogen-bond donors (Lipinski definition) is 2. The zero-order valence-electron chi connectivity index (χ0n) is 17.0. The molecule has 0 saturated carbocycles. The Morgan fingerprint density at radius 1 is 1.13 bits per heavy atom. The van der Waals surface area contributed by atoms with Gasteiger partial charge >= 0.3 is 6.18 Å². The number of hydrogen-bond acceptors (Lipinski definition) is 4. The molecule has 4 rings (SSSR count). The fourth-order valence-electron chi connectivity index (χ4n) is 4.17. The van der Waals surface area contributed by atoms with Crippen molar-refractivity contribution in [3.05, 3.63) is 64.5 Å². The van der Waals surface area contributed by atoms with Crippen LogP contribution in [0.1, 0.15) is 47.0 Å². The summed E-state index contributed by atoms with van der Waals surface area (Å²) >= 11 is 0. The Kier molecular flexibility index (Phi) is 4.92. The van der Waals surface area contributed by atoms with E-state index < -0.39 is 11.7 Å². The third kappa shape index (κ3) is 3.72. The van der Waals surface area contributed by atoms with Gasteiger partial charge in [-0.1, -0.05) is 12.2 Å². The number of aromatic nitrogens is 2. The number of nitrogens with zero attached hydrogens (tertiary/aromatic N) is 2. The Labute approximate surface area is 173 Å². The lowest BCUT2D eigenvalue weighted by molar-refractivity contribution is -0.137. The van der Waals surface area contributed by atoms with Crippen LogP contribution in [-0.4, -0.2) is 9.97 Å². The summed E-state index contributed by atoms with van der Waals surface area (Å²) in [5, 5.41) is 4.06. The summed E-state index contributed by atoms with van der Waals surface area (Å²) in [5.41, 5.74) is 11.0. The van der Waals surface area contributed by atoms with Gasteiger partial charge in [0.15, 0.2) is 0 Å². The van der Waals surface area contributed by atoms with Gasteiger partial charge in [-0.2, -0.15) is 13.2 Å². The highest BCUT2D eigenvalue weighted by Crippen LogP contribution is 2.37. The number of anilines is 2. The van der Waals surface area contributed by atoms with Crippen molar-refractivity contribution in [2.45, 2.75) is 45.8 Å². The molecule has 0 atom stereocenters. The number of nitrogens with two attached hydrogens (primary N) is 1. The van der Waals surface area contributed by atoms with Gasteiger partial charge in [-0.25, -0.2) is 9.97 Å². The Bertz CT molecular complexity index is 1170. The van der Waals surface area contributed by atoms with E-state index in [1.165, 1.54) is 17.2 Å². The molecule has 1 aromatic heterocycles. The standard InChI is InChI=1S/C23H23F3N4/c1-12(2)19-10-20-21(18-6-4-5-17(18)19)29-13(3)30-22(20)28-11-14-7-15(23(24,25)26)9-16(27)8-14/h7-10H,1,4-6,11,27H2,2-3H3,(H,28,29,30). The molecule has 0 bridgehead atoms. The van der Waals surface area contributed by atoms with E-state index >= 15 is 0 Å². The molecule has 2 aromatic carbocycles. The first-order valence-electron chi connectivity index (χ1n) is 9.83. The highest BCUT2D eigenvalue weighted by Gasteiger charge is 2.31. The molecule has 1 aliphatic rings. The fraction of sp³-hybridized carbons (Fsp3) is 0.304. The summed E-state index contributed by atoms with van der Waals surface area (Å²) in [7, 11) is 0. The number of alkyl halides is 3. The second-order valence-electron chi connectivity index (χ2n) is 7.85. The fourth-order valence-corrected chi connectivity index (χ4v) is 4.17. The van der Waals surface area contributed by atoms with Gasteiger partial charge in [0.25, 0.3) is 0 Å². The second kappa shape index (κ2) is 7.31. The number of aryl methyl sites for hydroxylation is 2. The van der Waals surface area contributed by atoms with Crippen molar-refractivity contribution in [3.63, 3.8) is 0 Å². The van der Waals surface area contributed by atoms with Crippen molar-refractivity contribution in [1.29, 1.82) is 0 Å². The zero-order chi connectivity index (χ0) is 21.6. The molecule has 0 fully saturated rings. The minimum absolute atomic E-state index is 0.0766. The van der Waals surface area contributed by atoms with Crippen molar-refractivity contribution in [1.82, 2.24) is 9.97 Å². The van der Waals surface area contributed by atoms with Crippen LogP contribution in [0.2, 0.25) is 0 Å². The van der Waals surface area contributed by atoms with Crippen molar-refractivity contribution >= 4 is 28.0 Å². The monoisotopic (exact) mass is 412 g/mol. The average molecular weight is 412 g/mol. The maximum absolute atomic E-state index is 13.1. The molecule has 1 aliphatic carbocycles. The number of benzene rings is 2. The largest absolute Gasteiger partial charge is 0.416 e. The lowest BCUT2D eigenvalue weighted by Gasteiger charge is -2.16. The molecule has 1 heterocycles. The van der Waals surface area contributed by atoms with Crippen molar-refractivity contribution < 1.29 is 13.2 Å². The lowest BCUT2D eigenvalue weighted by Crippen LogP contribution is -2.10. The number of fused-ring (bicyclic) bond motifs is 3. The maximum atomic E-state index is 13.1. The summed E-state index contributed by atoms with van der Waals surface area (Å²) in [6.07, 6.45) is -1.42. The molecular weight excluding hydrogens is 389 g/mol. The lowest BCUT2D eigenvalue weighted by atomic mass is 9.95. The van der Waals surface area contributed by atoms with Crippen LogP contribution in [0, 0.1) is 6.92 Å². The van der Waals surface area contributed by atoms with Crippen LogP contribution in [0.15, 0.2) is 30.8 Å². The van der Waals surface area contributed by atoms with Crippen molar-refractivity contribution in [3.8, 4) is 0 Å². The van der Waals surface area contributed by atoms with Gasteiger partial charge in [0.05, 0.1) is 11.1 Å². The van der Waals surface area contributed by atoms with Gasteiger partial charge < -0.3 is 11.1 Å². The number of nitrogen functional groups attached to an aromatic ring is 1. The van der Waals surface area contributed by atoms with Gasteiger partial charge in [0, 0.05) is 17.6 Å². The number of nitrogens with one attached hydrogen (secondary N) is 1. The second-order valence-corrected chi connectivity index (χ2v) is 7.85. The molecular formula is C23H23F3N4. The van der Waals surface area contributed by atoms with E-state index in [1.54, 1.807) is 0 Å². The summed E-state index contributed by atoms with van der Waals surface area (Å²) < 4.78 is 39.3. The van der Waals surface area contributed by atoms with E-state index in [2.05, 4.69) is 21.9 Å². The predicted octanol–water partition coefficient (Wildman–Crippen LogP) is 5.67. The zero-order valence-corrected chi connectivity index (χ0v) is 17.0. The molecule has 3 N–H and O–H groups in total. The van der Waals surface area contributed by atoms with E-state index in [-0.39, 0.29) is 12.2 Å². The third-order valence-electron chi connectivity index (χ3n) is 5.44. The molecule has 0 aliphatic heterocycles. The summed E-state index contributed by atoms with van der Waals surface area (Å²) in [6, 6.07) is 5.63. The van der Waals surface area contributed by atoms with E-state index in [4.69, 9.17) is 5.73 Å². The Morgan fingerprint density at radius 3 is 2.57 bits per heavy atom. The van der Waals surface area contributed by atoms with Gasteiger partial charge in [0.2, 0.25) is 0 Å². The van der Waals surface area contributed by atoms with Crippen LogP contribution < -0.4 is 11.1 Å². The van der Waals surface area contributed by atoms with Gasteiger partial charge in [-0.15, -0.1) is 0 Å². The van der Waals surface area contributed by atoms with Crippen molar-refractivity contribution in [2.24, 2.45) is 0 Å². The predicted molar refractivity (Wildman–Crippen MR) is 114 cm³/mol. The van der Waals surface area contributed by atoms with Crippen LogP contribution in [-0.2, 0) is 25.6 Å². The molecule has 156 valence electrons. The number of rotatable bonds is 4. The highest BCUT2D eigenvalue weighted by molar-refractivity contribution is 5.95. The topological polar surface area (TPSA) is 63.8 Å². The van der Waals surface area contributed by atoms with Gasteiger partial charge in [-0.3, -0.25) is 0 Å². The smallest absolute Gasteiger partial charge is 0.399 e. The van der Waals surface area contributed by atoms with E-state index in [9.17, 15) is 13.2 Å². The molecule has 0 radical (unpaired) electrons. The molecule has 7 heteroatoms. The third-order valence-corrected chi connectivity index (χ3v) is 5.44. The SMILES string of the molecule is C=C(C)c1cc2c(NCc3cc(N)cc(C(F)(F)F)c3)nc(C)nc2c2c1CCC2. The summed E-state index contributed by atoms with van der Waals surface area (Å²) in [4.78, 5) is 9.20. The van der Waals surface area contributed by atoms with Crippen LogP contribution in [0.5, 0.6) is 0 Å². The Morgan fingerprint density at radius 2 is 1.87 bits per heavy atom. The number of halogens is 3. The van der Waals surface area contributed by atoms with Crippen molar-refractivity contribution in [2.75, 3.05) is 11.1 Å². The summed E-state index contributed by atoms with van der Waals surface area (Å²) in [5.74, 6) is 1.22. The Hall–Kier alpha value is -3.09. The quantitative estimate of drug-likeness (QED) is 0.542. The first-order chi connectivity index (χ1) is 14.1. The van der Waals surface area contributed by atoms with E-state index in [0.29, 0.717) is 17.2 Å². The summed E-state index contributed by atoms with van der Waals surface area (Å²) in [6.45, 7) is 8.08. The first kappa shape index (κ1) is 20.2. The maximum Gasteiger partial charge on any atom is 0.416 e. The van der Waals surface area contributed by atoms with Gasteiger partial charge in [0.1, 0.15) is 11.6 Å². The van der Waals surface area contributed by atoms with E-state index in [0.717, 1.165) is 53.4 Å². The van der Waals surface area contributed by atoms with Crippen LogP contribution >= 0.6 is 0 Å². The van der Waals surface area contributed by atoms with E-state index in [1.807, 2.05) is 19.9 Å². The van der Waals surface area contributed by atoms with Gasteiger partial charge in [-0.05, 0) is 79.6 Å². The molecule has 0 unspecified atom stereocenters. The molecule has 0 spiro atoms. The van der Waals surface area contributed by atoms with Crippen LogP contribution in [0.3, 0.4) is 0 Å². The molecule has 0 saturated heterocycles.